The van der Waals surface area contributed by atoms with Crippen molar-refractivity contribution in [3.63, 3.8) is 0 Å². The average molecular weight is 260 g/mol. The van der Waals surface area contributed by atoms with Gasteiger partial charge in [-0.15, -0.1) is 0 Å². The van der Waals surface area contributed by atoms with Crippen molar-refractivity contribution in [2.24, 2.45) is 5.73 Å². The standard InChI is InChI=1S/C11H11F3N2O2/c12-11(13,14)9(17)5-10(18)16-8-4-2-1-3-7(8)6-15/h1-4H,5-6,15H2,(H,16,18). The molecule has 0 saturated heterocycles. The monoisotopic (exact) mass is 260 g/mol. The average Bonchev–Trinajstić information content (AvgIpc) is 2.28. The van der Waals surface area contributed by atoms with Crippen LogP contribution < -0.4 is 11.1 Å². The highest BCUT2D eigenvalue weighted by Crippen LogP contribution is 2.19. The van der Waals surface area contributed by atoms with Crippen molar-refractivity contribution in [1.29, 1.82) is 0 Å². The number of ketones is 1. The number of nitrogens with one attached hydrogen (secondary N) is 1. The van der Waals surface area contributed by atoms with E-state index in [2.05, 4.69) is 5.32 Å². The predicted molar refractivity (Wildman–Crippen MR) is 58.6 cm³/mol. The summed E-state index contributed by atoms with van der Waals surface area (Å²) in [4.78, 5) is 21.9. The largest absolute Gasteiger partial charge is 0.450 e. The Balaban J connectivity index is 2.68. The van der Waals surface area contributed by atoms with Crippen molar-refractivity contribution in [2.75, 3.05) is 5.32 Å². The highest BCUT2D eigenvalue weighted by atomic mass is 19.4. The molecule has 98 valence electrons. The molecule has 1 aromatic carbocycles. The summed E-state index contributed by atoms with van der Waals surface area (Å²) >= 11 is 0. The number of benzene rings is 1. The predicted octanol–water partition coefficient (Wildman–Crippen LogP) is 1.61. The molecule has 0 bridgehead atoms. The van der Waals surface area contributed by atoms with Gasteiger partial charge in [-0.1, -0.05) is 18.2 Å². The number of hydrogen-bond donors (Lipinski definition) is 2. The third kappa shape index (κ3) is 3.85. The maximum Gasteiger partial charge on any atom is 0.450 e. The van der Waals surface area contributed by atoms with Crippen LogP contribution in [0.4, 0.5) is 18.9 Å². The summed E-state index contributed by atoms with van der Waals surface area (Å²) < 4.78 is 35.8. The quantitative estimate of drug-likeness (QED) is 0.808. The van der Waals surface area contributed by atoms with Gasteiger partial charge in [-0.2, -0.15) is 13.2 Å². The zero-order chi connectivity index (χ0) is 13.8. The minimum absolute atomic E-state index is 0.129. The lowest BCUT2D eigenvalue weighted by Gasteiger charge is -2.09. The SMILES string of the molecule is NCc1ccccc1NC(=O)CC(=O)C(F)(F)F. The Kier molecular flexibility index (Phi) is 4.43. The Hall–Kier alpha value is -1.89. The van der Waals surface area contributed by atoms with Gasteiger partial charge in [0.2, 0.25) is 11.7 Å². The molecule has 0 radical (unpaired) electrons. The fourth-order valence-corrected chi connectivity index (χ4v) is 1.26. The van der Waals surface area contributed by atoms with E-state index < -0.39 is 24.3 Å². The number of alkyl halides is 3. The van der Waals surface area contributed by atoms with Crippen LogP contribution in [-0.2, 0) is 16.1 Å². The van der Waals surface area contributed by atoms with E-state index in [-0.39, 0.29) is 6.54 Å². The topological polar surface area (TPSA) is 72.2 Å². The van der Waals surface area contributed by atoms with Crippen molar-refractivity contribution >= 4 is 17.4 Å². The number of amides is 1. The van der Waals surface area contributed by atoms with Crippen molar-refractivity contribution in [3.8, 4) is 0 Å². The molecule has 4 nitrogen and oxygen atoms in total. The summed E-state index contributed by atoms with van der Waals surface area (Å²) in [7, 11) is 0. The zero-order valence-corrected chi connectivity index (χ0v) is 9.25. The van der Waals surface area contributed by atoms with Crippen molar-refractivity contribution in [1.82, 2.24) is 0 Å². The molecule has 0 fully saturated rings. The Morgan fingerprint density at radius 3 is 2.39 bits per heavy atom. The Labute approximate surface area is 101 Å². The zero-order valence-electron chi connectivity index (χ0n) is 9.25. The third-order valence-electron chi connectivity index (χ3n) is 2.15. The van der Waals surface area contributed by atoms with Crippen LogP contribution in [0.3, 0.4) is 0 Å². The second kappa shape index (κ2) is 5.63. The van der Waals surface area contributed by atoms with E-state index in [4.69, 9.17) is 5.73 Å². The summed E-state index contributed by atoms with van der Waals surface area (Å²) in [5.74, 6) is -3.09. The van der Waals surface area contributed by atoms with Gasteiger partial charge in [0, 0.05) is 12.2 Å². The number of hydrogen-bond acceptors (Lipinski definition) is 3. The summed E-state index contributed by atoms with van der Waals surface area (Å²) in [5, 5.41) is 2.22. The lowest BCUT2D eigenvalue weighted by molar-refractivity contribution is -0.171. The molecule has 0 unspecified atom stereocenters. The molecule has 0 atom stereocenters. The van der Waals surface area contributed by atoms with Crippen LogP contribution in [0.2, 0.25) is 0 Å². The van der Waals surface area contributed by atoms with Crippen molar-refractivity contribution in [2.45, 2.75) is 19.1 Å². The van der Waals surface area contributed by atoms with E-state index in [0.29, 0.717) is 11.3 Å². The summed E-state index contributed by atoms with van der Waals surface area (Å²) in [6.45, 7) is 0.129. The second-order valence-corrected chi connectivity index (χ2v) is 3.51. The van der Waals surface area contributed by atoms with E-state index in [1.54, 1.807) is 18.2 Å². The van der Waals surface area contributed by atoms with Crippen LogP contribution in [0.25, 0.3) is 0 Å². The first-order valence-corrected chi connectivity index (χ1v) is 5.02. The second-order valence-electron chi connectivity index (χ2n) is 3.51. The number of carbonyl (C=O) groups is 2. The normalized spacial score (nSPS) is 11.1. The molecule has 3 N–H and O–H groups in total. The molecule has 1 amide bonds. The van der Waals surface area contributed by atoms with Gasteiger partial charge in [0.05, 0.1) is 6.42 Å². The number of anilines is 1. The lowest BCUT2D eigenvalue weighted by atomic mass is 10.1. The van der Waals surface area contributed by atoms with Crippen LogP contribution in [0.15, 0.2) is 24.3 Å². The van der Waals surface area contributed by atoms with Gasteiger partial charge in [-0.3, -0.25) is 9.59 Å². The molecule has 7 heteroatoms. The van der Waals surface area contributed by atoms with Crippen LogP contribution in [0.5, 0.6) is 0 Å². The van der Waals surface area contributed by atoms with Gasteiger partial charge in [0.1, 0.15) is 0 Å². The van der Waals surface area contributed by atoms with E-state index >= 15 is 0 Å². The fourth-order valence-electron chi connectivity index (χ4n) is 1.26. The molecule has 0 aliphatic heterocycles. The molecular formula is C11H11F3N2O2. The van der Waals surface area contributed by atoms with Crippen LogP contribution in [-0.4, -0.2) is 17.9 Å². The molecule has 1 aromatic rings. The van der Waals surface area contributed by atoms with Crippen molar-refractivity contribution in [3.05, 3.63) is 29.8 Å². The minimum atomic E-state index is -5.00. The van der Waals surface area contributed by atoms with Gasteiger partial charge in [0.25, 0.3) is 0 Å². The number of carbonyl (C=O) groups excluding carboxylic acids is 2. The van der Waals surface area contributed by atoms with Gasteiger partial charge in [0.15, 0.2) is 0 Å². The summed E-state index contributed by atoms with van der Waals surface area (Å²) in [5.41, 5.74) is 6.28. The maximum absolute atomic E-state index is 11.9. The number of Topliss-reactive ketones (excluding diaryl/α,β-unsaturated/α-hetero) is 1. The number of para-hydroxylation sites is 1. The summed E-state index contributed by atoms with van der Waals surface area (Å²) in [6, 6.07) is 6.40. The van der Waals surface area contributed by atoms with E-state index in [1.165, 1.54) is 6.07 Å². The Morgan fingerprint density at radius 2 is 1.83 bits per heavy atom. The maximum atomic E-state index is 11.9. The van der Waals surface area contributed by atoms with Crippen LogP contribution in [0, 0.1) is 0 Å². The number of rotatable bonds is 4. The van der Waals surface area contributed by atoms with Crippen LogP contribution in [0.1, 0.15) is 12.0 Å². The first-order chi connectivity index (χ1) is 8.34. The molecule has 0 saturated carbocycles. The smallest absolute Gasteiger partial charge is 0.326 e. The molecule has 0 aliphatic rings. The number of halogens is 3. The van der Waals surface area contributed by atoms with Gasteiger partial charge in [-0.25, -0.2) is 0 Å². The highest BCUT2D eigenvalue weighted by Gasteiger charge is 2.39. The highest BCUT2D eigenvalue weighted by molar-refractivity contribution is 6.06. The molecule has 0 aliphatic carbocycles. The lowest BCUT2D eigenvalue weighted by Crippen LogP contribution is -2.28. The van der Waals surface area contributed by atoms with Crippen LogP contribution >= 0.6 is 0 Å². The van der Waals surface area contributed by atoms with E-state index in [9.17, 15) is 22.8 Å². The van der Waals surface area contributed by atoms with Gasteiger partial charge >= 0.3 is 6.18 Å². The molecular weight excluding hydrogens is 249 g/mol. The fraction of sp³-hybridized carbons (Fsp3) is 0.273. The first kappa shape index (κ1) is 14.2. The van der Waals surface area contributed by atoms with Crippen molar-refractivity contribution < 1.29 is 22.8 Å². The Morgan fingerprint density at radius 1 is 1.22 bits per heavy atom. The minimum Gasteiger partial charge on any atom is -0.326 e. The molecule has 1 rings (SSSR count). The molecule has 18 heavy (non-hydrogen) atoms. The number of nitrogens with two attached hydrogens (primary N) is 1. The third-order valence-corrected chi connectivity index (χ3v) is 2.15. The van der Waals surface area contributed by atoms with E-state index in [0.717, 1.165) is 0 Å². The first-order valence-electron chi connectivity index (χ1n) is 5.02. The summed E-state index contributed by atoms with van der Waals surface area (Å²) in [6.07, 6.45) is -6.23. The van der Waals surface area contributed by atoms with Gasteiger partial charge in [-0.05, 0) is 11.6 Å². The molecule has 0 aromatic heterocycles. The molecule has 0 heterocycles. The Bertz CT molecular complexity index is 458. The van der Waals surface area contributed by atoms with Gasteiger partial charge < -0.3 is 11.1 Å². The van der Waals surface area contributed by atoms with E-state index in [1.807, 2.05) is 0 Å². The molecule has 0 spiro atoms.